The standard InChI is InChI=1S/C23H26N4O2/c28-22(20-9-7-16-3-1-2-4-19(16)20)25-18-8-10-21(24-15-18)26-11-13-27(14-12-26)23(29)17-5-6-17/h1-4,8,10,15,17,20H,5-7,9,11-14H2,(H,25,28)/t20-/m1/s1. The first kappa shape index (κ1) is 18.2. The highest BCUT2D eigenvalue weighted by molar-refractivity contribution is 5.96. The molecule has 29 heavy (non-hydrogen) atoms. The Kier molecular flexibility index (Phi) is 4.70. The smallest absolute Gasteiger partial charge is 0.231 e. The maximum atomic E-state index is 12.7. The number of rotatable bonds is 4. The normalized spacial score (nSPS) is 21.0. The zero-order valence-electron chi connectivity index (χ0n) is 16.5. The van der Waals surface area contributed by atoms with Gasteiger partial charge in [-0.05, 0) is 48.9 Å². The Morgan fingerprint density at radius 3 is 2.48 bits per heavy atom. The number of nitrogens with one attached hydrogen (secondary N) is 1. The lowest BCUT2D eigenvalue weighted by Gasteiger charge is -2.35. The van der Waals surface area contributed by atoms with E-state index >= 15 is 0 Å². The van der Waals surface area contributed by atoms with Crippen molar-refractivity contribution in [3.05, 3.63) is 53.7 Å². The Bertz CT molecular complexity index is 915. The van der Waals surface area contributed by atoms with E-state index in [0.29, 0.717) is 5.91 Å². The average Bonchev–Trinajstić information content (AvgIpc) is 3.52. The molecule has 1 aromatic heterocycles. The summed E-state index contributed by atoms with van der Waals surface area (Å²) in [6, 6.07) is 12.1. The van der Waals surface area contributed by atoms with Gasteiger partial charge in [-0.3, -0.25) is 9.59 Å². The number of benzene rings is 1. The summed E-state index contributed by atoms with van der Waals surface area (Å²) >= 11 is 0. The molecule has 3 aliphatic rings. The van der Waals surface area contributed by atoms with Crippen molar-refractivity contribution in [2.45, 2.75) is 31.6 Å². The number of piperazine rings is 1. The van der Waals surface area contributed by atoms with Gasteiger partial charge < -0.3 is 15.1 Å². The summed E-state index contributed by atoms with van der Waals surface area (Å²) in [5.41, 5.74) is 3.15. The molecule has 1 aliphatic heterocycles. The van der Waals surface area contributed by atoms with Gasteiger partial charge in [-0.2, -0.15) is 0 Å². The van der Waals surface area contributed by atoms with E-state index in [4.69, 9.17) is 0 Å². The van der Waals surface area contributed by atoms with E-state index in [1.54, 1.807) is 6.20 Å². The molecule has 1 aromatic carbocycles. The quantitative estimate of drug-likeness (QED) is 0.872. The van der Waals surface area contributed by atoms with Crippen molar-refractivity contribution in [2.24, 2.45) is 5.92 Å². The molecule has 5 rings (SSSR count). The lowest BCUT2D eigenvalue weighted by Crippen LogP contribution is -2.49. The van der Waals surface area contributed by atoms with Gasteiger partial charge >= 0.3 is 0 Å². The van der Waals surface area contributed by atoms with E-state index < -0.39 is 0 Å². The molecule has 2 heterocycles. The average molecular weight is 390 g/mol. The Morgan fingerprint density at radius 2 is 1.76 bits per heavy atom. The number of amides is 2. The van der Waals surface area contributed by atoms with Crippen molar-refractivity contribution in [3.8, 4) is 0 Å². The maximum Gasteiger partial charge on any atom is 0.231 e. The third-order valence-corrected chi connectivity index (χ3v) is 6.31. The predicted octanol–water partition coefficient (Wildman–Crippen LogP) is 2.81. The van der Waals surface area contributed by atoms with E-state index in [1.807, 2.05) is 29.2 Å². The van der Waals surface area contributed by atoms with Crippen LogP contribution in [-0.2, 0) is 16.0 Å². The van der Waals surface area contributed by atoms with Gasteiger partial charge in [-0.25, -0.2) is 4.98 Å². The van der Waals surface area contributed by atoms with Crippen LogP contribution in [0.25, 0.3) is 0 Å². The third kappa shape index (κ3) is 3.71. The molecule has 0 unspecified atom stereocenters. The summed E-state index contributed by atoms with van der Waals surface area (Å²) in [4.78, 5) is 33.7. The fourth-order valence-electron chi connectivity index (χ4n) is 4.45. The van der Waals surface area contributed by atoms with Gasteiger partial charge in [0.25, 0.3) is 0 Å². The minimum absolute atomic E-state index is 0.0386. The number of aromatic nitrogens is 1. The van der Waals surface area contributed by atoms with Gasteiger partial charge in [0.2, 0.25) is 11.8 Å². The molecule has 0 radical (unpaired) electrons. The number of nitrogens with zero attached hydrogens (tertiary/aromatic N) is 3. The molecule has 2 amide bonds. The molecule has 6 nitrogen and oxygen atoms in total. The summed E-state index contributed by atoms with van der Waals surface area (Å²) < 4.78 is 0. The van der Waals surface area contributed by atoms with Crippen LogP contribution in [0.3, 0.4) is 0 Å². The van der Waals surface area contributed by atoms with Crippen LogP contribution in [0.5, 0.6) is 0 Å². The zero-order chi connectivity index (χ0) is 19.8. The van der Waals surface area contributed by atoms with Crippen molar-refractivity contribution in [1.29, 1.82) is 0 Å². The number of hydrogen-bond donors (Lipinski definition) is 1. The highest BCUT2D eigenvalue weighted by Crippen LogP contribution is 2.34. The molecular formula is C23H26N4O2. The van der Waals surface area contributed by atoms with Gasteiger partial charge in [0.05, 0.1) is 17.8 Å². The molecule has 1 N–H and O–H groups in total. The van der Waals surface area contributed by atoms with Gasteiger partial charge in [-0.15, -0.1) is 0 Å². The highest BCUT2D eigenvalue weighted by atomic mass is 16.2. The third-order valence-electron chi connectivity index (χ3n) is 6.31. The lowest BCUT2D eigenvalue weighted by molar-refractivity contribution is -0.132. The van der Waals surface area contributed by atoms with E-state index in [9.17, 15) is 9.59 Å². The molecule has 2 aromatic rings. The number of carbonyl (C=O) groups is 2. The van der Waals surface area contributed by atoms with Gasteiger partial charge in [0.1, 0.15) is 5.82 Å². The lowest BCUT2D eigenvalue weighted by atomic mass is 10.0. The summed E-state index contributed by atoms with van der Waals surface area (Å²) in [5.74, 6) is 1.46. The summed E-state index contributed by atoms with van der Waals surface area (Å²) in [6.07, 6.45) is 5.66. The first-order valence-corrected chi connectivity index (χ1v) is 10.6. The monoisotopic (exact) mass is 390 g/mol. The number of anilines is 2. The van der Waals surface area contributed by atoms with Gasteiger partial charge in [0, 0.05) is 32.1 Å². The minimum atomic E-state index is -0.0806. The number of fused-ring (bicyclic) bond motifs is 1. The Morgan fingerprint density at radius 1 is 0.966 bits per heavy atom. The molecule has 0 bridgehead atoms. The van der Waals surface area contributed by atoms with E-state index in [1.165, 1.54) is 5.56 Å². The summed E-state index contributed by atoms with van der Waals surface area (Å²) in [6.45, 7) is 3.12. The fourth-order valence-corrected chi connectivity index (χ4v) is 4.45. The van der Waals surface area contributed by atoms with Crippen molar-refractivity contribution < 1.29 is 9.59 Å². The molecule has 0 spiro atoms. The number of hydrogen-bond acceptors (Lipinski definition) is 4. The summed E-state index contributed by atoms with van der Waals surface area (Å²) in [5, 5.41) is 3.02. The second-order valence-corrected chi connectivity index (χ2v) is 8.27. The van der Waals surface area contributed by atoms with Crippen LogP contribution in [0, 0.1) is 5.92 Å². The molecule has 2 fully saturated rings. The van der Waals surface area contributed by atoms with E-state index in [2.05, 4.69) is 27.3 Å². The van der Waals surface area contributed by atoms with E-state index in [0.717, 1.165) is 68.9 Å². The Hall–Kier alpha value is -2.89. The molecule has 1 saturated carbocycles. The molecule has 150 valence electrons. The Labute approximate surface area is 170 Å². The van der Waals surface area contributed by atoms with Crippen LogP contribution < -0.4 is 10.2 Å². The first-order valence-electron chi connectivity index (χ1n) is 10.6. The Balaban J connectivity index is 1.18. The topological polar surface area (TPSA) is 65.5 Å². The van der Waals surface area contributed by atoms with Crippen LogP contribution in [0.2, 0.25) is 0 Å². The SMILES string of the molecule is O=C(Nc1ccc(N2CCN(C(=O)C3CC3)CC2)nc1)[C@@H]1CCc2ccccc21. The first-order chi connectivity index (χ1) is 14.2. The predicted molar refractivity (Wildman–Crippen MR) is 112 cm³/mol. The van der Waals surface area contributed by atoms with Crippen LogP contribution in [0.15, 0.2) is 42.6 Å². The van der Waals surface area contributed by atoms with Crippen molar-refractivity contribution in [1.82, 2.24) is 9.88 Å². The number of aryl methyl sites for hydroxylation is 1. The fraction of sp³-hybridized carbons (Fsp3) is 0.435. The number of pyridine rings is 1. The van der Waals surface area contributed by atoms with E-state index in [-0.39, 0.29) is 17.7 Å². The van der Waals surface area contributed by atoms with Crippen molar-refractivity contribution >= 4 is 23.3 Å². The maximum absolute atomic E-state index is 12.7. The van der Waals surface area contributed by atoms with Gasteiger partial charge in [-0.1, -0.05) is 24.3 Å². The highest BCUT2D eigenvalue weighted by Gasteiger charge is 2.34. The van der Waals surface area contributed by atoms with Crippen LogP contribution in [0.1, 0.15) is 36.3 Å². The number of carbonyl (C=O) groups excluding carboxylic acids is 2. The van der Waals surface area contributed by atoms with Crippen LogP contribution in [-0.4, -0.2) is 47.9 Å². The van der Waals surface area contributed by atoms with Crippen molar-refractivity contribution in [3.63, 3.8) is 0 Å². The summed E-state index contributed by atoms with van der Waals surface area (Å²) in [7, 11) is 0. The molecule has 6 heteroatoms. The van der Waals surface area contributed by atoms with Crippen LogP contribution >= 0.6 is 0 Å². The van der Waals surface area contributed by atoms with Crippen LogP contribution in [0.4, 0.5) is 11.5 Å². The molecular weight excluding hydrogens is 364 g/mol. The minimum Gasteiger partial charge on any atom is -0.353 e. The second kappa shape index (κ2) is 7.50. The second-order valence-electron chi connectivity index (χ2n) is 8.27. The zero-order valence-corrected chi connectivity index (χ0v) is 16.5. The molecule has 2 aliphatic carbocycles. The van der Waals surface area contributed by atoms with Gasteiger partial charge in [0.15, 0.2) is 0 Å². The molecule has 1 atom stereocenters. The van der Waals surface area contributed by atoms with Crippen molar-refractivity contribution in [2.75, 3.05) is 36.4 Å². The molecule has 1 saturated heterocycles. The largest absolute Gasteiger partial charge is 0.353 e.